The smallest absolute Gasteiger partial charge is 0.309 e. The number of rotatable bonds is 7. The Labute approximate surface area is 116 Å². The highest BCUT2D eigenvalue weighted by Crippen LogP contribution is 2.34. The lowest BCUT2D eigenvalue weighted by atomic mass is 10.0. The summed E-state index contributed by atoms with van der Waals surface area (Å²) in [6.45, 7) is 6.04. The van der Waals surface area contributed by atoms with E-state index in [1.165, 1.54) is 12.1 Å². The van der Waals surface area contributed by atoms with E-state index in [4.69, 9.17) is 0 Å². The van der Waals surface area contributed by atoms with Gasteiger partial charge in [-0.1, -0.05) is 24.3 Å². The van der Waals surface area contributed by atoms with E-state index in [1.54, 1.807) is 24.8 Å². The normalized spacial score (nSPS) is 13.3. The molecule has 0 radical (unpaired) electrons. The predicted molar refractivity (Wildman–Crippen MR) is 75.4 cm³/mol. The van der Waals surface area contributed by atoms with Crippen LogP contribution in [0, 0.1) is 0 Å². The second-order valence-corrected chi connectivity index (χ2v) is 5.27. The molecule has 0 aliphatic rings. The van der Waals surface area contributed by atoms with Crippen LogP contribution in [0.4, 0.5) is 13.2 Å². The molecular weight excluding hydrogens is 271 g/mol. The van der Waals surface area contributed by atoms with Crippen molar-refractivity contribution in [1.82, 2.24) is 5.32 Å². The molecule has 0 aliphatic carbocycles. The summed E-state index contributed by atoms with van der Waals surface area (Å²) in [4.78, 5) is 0. The lowest BCUT2D eigenvalue weighted by molar-refractivity contribution is -0.138. The van der Waals surface area contributed by atoms with Crippen LogP contribution in [0.3, 0.4) is 0 Å². The SMILES string of the molecule is C=CCSCCNC(C)c1ccccc1C(F)(F)F. The number of thioether (sulfide) groups is 1. The fraction of sp³-hybridized carbons (Fsp3) is 0.429. The van der Waals surface area contributed by atoms with Crippen LogP contribution in [0.15, 0.2) is 36.9 Å². The Morgan fingerprint density at radius 1 is 1.37 bits per heavy atom. The lowest BCUT2D eigenvalue weighted by Crippen LogP contribution is -2.24. The van der Waals surface area contributed by atoms with Gasteiger partial charge in [0.05, 0.1) is 5.56 Å². The number of benzene rings is 1. The van der Waals surface area contributed by atoms with E-state index in [0.717, 1.165) is 17.6 Å². The van der Waals surface area contributed by atoms with Crippen LogP contribution in [-0.4, -0.2) is 18.1 Å². The van der Waals surface area contributed by atoms with Gasteiger partial charge in [-0.05, 0) is 18.6 Å². The van der Waals surface area contributed by atoms with Crippen molar-refractivity contribution in [2.75, 3.05) is 18.1 Å². The Bertz CT molecular complexity index is 404. The van der Waals surface area contributed by atoms with E-state index < -0.39 is 11.7 Å². The third kappa shape index (κ3) is 5.28. The Balaban J connectivity index is 2.61. The first-order chi connectivity index (χ1) is 8.96. The maximum atomic E-state index is 12.9. The number of halogens is 3. The minimum atomic E-state index is -4.30. The first-order valence-corrected chi connectivity index (χ1v) is 7.20. The first kappa shape index (κ1) is 16.1. The van der Waals surface area contributed by atoms with Crippen LogP contribution in [0.1, 0.15) is 24.1 Å². The molecular formula is C14H18F3NS. The zero-order valence-electron chi connectivity index (χ0n) is 10.8. The summed E-state index contributed by atoms with van der Waals surface area (Å²) in [5.74, 6) is 1.71. The van der Waals surface area contributed by atoms with Crippen molar-refractivity contribution >= 4 is 11.8 Å². The summed E-state index contributed by atoms with van der Waals surface area (Å²) < 4.78 is 38.6. The molecule has 1 unspecified atom stereocenters. The van der Waals surface area contributed by atoms with E-state index in [-0.39, 0.29) is 6.04 Å². The Hall–Kier alpha value is -0.940. The van der Waals surface area contributed by atoms with E-state index in [0.29, 0.717) is 12.1 Å². The monoisotopic (exact) mass is 289 g/mol. The van der Waals surface area contributed by atoms with Crippen LogP contribution in [0.25, 0.3) is 0 Å². The van der Waals surface area contributed by atoms with Gasteiger partial charge in [-0.15, -0.1) is 6.58 Å². The number of alkyl halides is 3. The van der Waals surface area contributed by atoms with Gasteiger partial charge in [0.25, 0.3) is 0 Å². The molecule has 0 aliphatic heterocycles. The largest absolute Gasteiger partial charge is 0.416 e. The van der Waals surface area contributed by atoms with Crippen LogP contribution >= 0.6 is 11.8 Å². The maximum absolute atomic E-state index is 12.9. The molecule has 1 aromatic carbocycles. The zero-order valence-corrected chi connectivity index (χ0v) is 11.7. The maximum Gasteiger partial charge on any atom is 0.416 e. The Morgan fingerprint density at radius 2 is 2.05 bits per heavy atom. The third-order valence-corrected chi connectivity index (χ3v) is 3.63. The van der Waals surface area contributed by atoms with Crippen molar-refractivity contribution in [3.05, 3.63) is 48.0 Å². The van der Waals surface area contributed by atoms with Gasteiger partial charge in [0, 0.05) is 24.1 Å². The molecule has 1 N–H and O–H groups in total. The fourth-order valence-electron chi connectivity index (χ4n) is 1.76. The van der Waals surface area contributed by atoms with Crippen molar-refractivity contribution in [1.29, 1.82) is 0 Å². The molecule has 0 spiro atoms. The van der Waals surface area contributed by atoms with Crippen molar-refractivity contribution < 1.29 is 13.2 Å². The fourth-order valence-corrected chi connectivity index (χ4v) is 2.35. The summed E-state index contributed by atoms with van der Waals surface area (Å²) in [6, 6.07) is 5.38. The average Bonchev–Trinajstić information content (AvgIpc) is 2.37. The van der Waals surface area contributed by atoms with Gasteiger partial charge in [-0.25, -0.2) is 0 Å². The molecule has 106 valence electrons. The lowest BCUT2D eigenvalue weighted by Gasteiger charge is -2.19. The molecule has 1 rings (SSSR count). The van der Waals surface area contributed by atoms with Crippen LogP contribution < -0.4 is 5.32 Å². The quantitative estimate of drug-likeness (QED) is 0.594. The molecule has 0 bridgehead atoms. The van der Waals surface area contributed by atoms with Gasteiger partial charge in [-0.2, -0.15) is 24.9 Å². The molecule has 19 heavy (non-hydrogen) atoms. The second-order valence-electron chi connectivity index (χ2n) is 4.12. The molecule has 1 nitrogen and oxygen atoms in total. The minimum absolute atomic E-state index is 0.295. The molecule has 5 heteroatoms. The molecule has 1 atom stereocenters. The van der Waals surface area contributed by atoms with Crippen LogP contribution in [0.2, 0.25) is 0 Å². The standard InChI is InChI=1S/C14H18F3NS/c1-3-9-19-10-8-18-11(2)12-6-4-5-7-13(12)14(15,16)17/h3-7,11,18H,1,8-10H2,2H3. The highest BCUT2D eigenvalue weighted by Gasteiger charge is 2.33. The zero-order chi connectivity index (χ0) is 14.3. The molecule has 0 aromatic heterocycles. The first-order valence-electron chi connectivity index (χ1n) is 6.05. The third-order valence-electron chi connectivity index (χ3n) is 2.67. The molecule has 0 saturated heterocycles. The van der Waals surface area contributed by atoms with Gasteiger partial charge < -0.3 is 5.32 Å². The summed E-state index contributed by atoms with van der Waals surface area (Å²) in [5.41, 5.74) is -0.266. The molecule has 0 saturated carbocycles. The molecule has 0 heterocycles. The van der Waals surface area contributed by atoms with Gasteiger partial charge in [0.15, 0.2) is 0 Å². The molecule has 0 fully saturated rings. The number of hydrogen-bond donors (Lipinski definition) is 1. The highest BCUT2D eigenvalue weighted by molar-refractivity contribution is 7.99. The minimum Gasteiger partial charge on any atom is -0.309 e. The summed E-state index contributed by atoms with van der Waals surface area (Å²) >= 11 is 1.70. The van der Waals surface area contributed by atoms with Crippen molar-refractivity contribution in [2.24, 2.45) is 0 Å². The van der Waals surface area contributed by atoms with E-state index in [9.17, 15) is 13.2 Å². The summed E-state index contributed by atoms with van der Waals surface area (Å²) in [5, 5.41) is 3.12. The topological polar surface area (TPSA) is 12.0 Å². The van der Waals surface area contributed by atoms with Gasteiger partial charge >= 0.3 is 6.18 Å². The number of hydrogen-bond acceptors (Lipinski definition) is 2. The van der Waals surface area contributed by atoms with Gasteiger partial charge in [0.1, 0.15) is 0 Å². The predicted octanol–water partition coefficient (Wildman–Crippen LogP) is 4.28. The van der Waals surface area contributed by atoms with Crippen molar-refractivity contribution in [3.8, 4) is 0 Å². The molecule has 0 amide bonds. The van der Waals surface area contributed by atoms with Crippen LogP contribution in [0.5, 0.6) is 0 Å². The van der Waals surface area contributed by atoms with Crippen molar-refractivity contribution in [2.45, 2.75) is 19.1 Å². The van der Waals surface area contributed by atoms with E-state index >= 15 is 0 Å². The Morgan fingerprint density at radius 3 is 2.68 bits per heavy atom. The van der Waals surface area contributed by atoms with E-state index in [2.05, 4.69) is 11.9 Å². The van der Waals surface area contributed by atoms with Crippen LogP contribution in [-0.2, 0) is 6.18 Å². The number of nitrogens with one attached hydrogen (secondary N) is 1. The summed E-state index contributed by atoms with van der Waals surface area (Å²) in [6.07, 6.45) is -2.49. The van der Waals surface area contributed by atoms with Crippen molar-refractivity contribution in [3.63, 3.8) is 0 Å². The van der Waals surface area contributed by atoms with Gasteiger partial charge in [0.2, 0.25) is 0 Å². The molecule has 1 aromatic rings. The average molecular weight is 289 g/mol. The Kier molecular flexibility index (Phi) is 6.45. The van der Waals surface area contributed by atoms with Gasteiger partial charge in [-0.3, -0.25) is 0 Å². The van der Waals surface area contributed by atoms with E-state index in [1.807, 2.05) is 6.08 Å². The summed E-state index contributed by atoms with van der Waals surface area (Å²) in [7, 11) is 0. The highest BCUT2D eigenvalue weighted by atomic mass is 32.2. The second kappa shape index (κ2) is 7.60.